The van der Waals surface area contributed by atoms with Gasteiger partial charge in [0.1, 0.15) is 11.1 Å². The number of likely N-dealkylation sites (tertiary alicyclic amines) is 1. The second-order valence-electron chi connectivity index (χ2n) is 4.63. The molecule has 7 heteroatoms. The Morgan fingerprint density at radius 2 is 2.19 bits per heavy atom. The van der Waals surface area contributed by atoms with Gasteiger partial charge in [0, 0.05) is 12.6 Å². The van der Waals surface area contributed by atoms with Gasteiger partial charge in [-0.25, -0.2) is 4.98 Å². The molecule has 0 radical (unpaired) electrons. The number of hydrogen-bond acceptors (Lipinski definition) is 5. The maximum atomic E-state index is 11.8. The van der Waals surface area contributed by atoms with Gasteiger partial charge in [0.15, 0.2) is 0 Å². The molecule has 2 heterocycles. The molecule has 2 rings (SSSR count). The molecule has 1 fully saturated rings. The van der Waals surface area contributed by atoms with Gasteiger partial charge in [0.05, 0.1) is 26.1 Å². The third kappa shape index (κ3) is 4.32. The van der Waals surface area contributed by atoms with Gasteiger partial charge < -0.3 is 14.4 Å². The van der Waals surface area contributed by atoms with Crippen LogP contribution in [0.2, 0.25) is 5.02 Å². The average molecular weight is 313 g/mol. The van der Waals surface area contributed by atoms with Crippen LogP contribution in [0.5, 0.6) is 5.88 Å². The molecule has 1 saturated heterocycles. The second-order valence-corrected chi connectivity index (χ2v) is 5.04. The van der Waals surface area contributed by atoms with Crippen LogP contribution < -0.4 is 4.74 Å². The third-order valence-electron chi connectivity index (χ3n) is 3.05. The maximum Gasteiger partial charge on any atom is 0.306 e. The summed E-state index contributed by atoms with van der Waals surface area (Å²) in [6.07, 6.45) is 1.77. The van der Waals surface area contributed by atoms with Crippen LogP contribution in [0, 0.1) is 0 Å². The van der Waals surface area contributed by atoms with Crippen molar-refractivity contribution in [1.29, 1.82) is 0 Å². The van der Waals surface area contributed by atoms with Crippen molar-refractivity contribution in [2.45, 2.75) is 25.9 Å². The lowest BCUT2D eigenvalue weighted by molar-refractivity contribution is -0.148. The fourth-order valence-electron chi connectivity index (χ4n) is 1.93. The lowest BCUT2D eigenvalue weighted by Gasteiger charge is -2.38. The van der Waals surface area contributed by atoms with Crippen LogP contribution in [0.3, 0.4) is 0 Å². The minimum absolute atomic E-state index is 0.0741. The summed E-state index contributed by atoms with van der Waals surface area (Å²) in [5.74, 6) is -0.0442. The van der Waals surface area contributed by atoms with Crippen molar-refractivity contribution >= 4 is 23.5 Å². The number of hydrogen-bond donors (Lipinski definition) is 0. The van der Waals surface area contributed by atoms with Crippen LogP contribution >= 0.6 is 11.6 Å². The Morgan fingerprint density at radius 3 is 2.86 bits per heavy atom. The molecule has 1 aromatic heterocycles. The highest BCUT2D eigenvalue weighted by Crippen LogP contribution is 2.24. The molecule has 0 unspecified atom stereocenters. The first-order valence-electron chi connectivity index (χ1n) is 6.80. The minimum Gasteiger partial charge on any atom is -0.470 e. The first-order valence-corrected chi connectivity index (χ1v) is 7.18. The molecule has 21 heavy (non-hydrogen) atoms. The van der Waals surface area contributed by atoms with E-state index in [4.69, 9.17) is 21.1 Å². The van der Waals surface area contributed by atoms with Crippen molar-refractivity contribution in [1.82, 2.24) is 9.88 Å². The predicted molar refractivity (Wildman–Crippen MR) is 76.1 cm³/mol. The maximum absolute atomic E-state index is 11.8. The summed E-state index contributed by atoms with van der Waals surface area (Å²) in [6, 6.07) is 3.42. The van der Waals surface area contributed by atoms with Gasteiger partial charge in [-0.3, -0.25) is 9.59 Å². The van der Waals surface area contributed by atoms with E-state index in [0.29, 0.717) is 30.6 Å². The summed E-state index contributed by atoms with van der Waals surface area (Å²) in [4.78, 5) is 28.7. The average Bonchev–Trinajstić information content (AvgIpc) is 2.42. The molecule has 0 aromatic carbocycles. The highest BCUT2D eigenvalue weighted by Gasteiger charge is 2.32. The molecular weight excluding hydrogens is 296 g/mol. The number of pyridine rings is 1. The highest BCUT2D eigenvalue weighted by molar-refractivity contribution is 6.31. The Bertz CT molecular complexity index is 517. The van der Waals surface area contributed by atoms with Gasteiger partial charge >= 0.3 is 5.97 Å². The van der Waals surface area contributed by atoms with E-state index in [9.17, 15) is 9.59 Å². The zero-order chi connectivity index (χ0) is 15.2. The van der Waals surface area contributed by atoms with E-state index in [-0.39, 0.29) is 30.8 Å². The van der Waals surface area contributed by atoms with Crippen molar-refractivity contribution in [3.8, 4) is 5.88 Å². The van der Waals surface area contributed by atoms with E-state index >= 15 is 0 Å². The molecule has 0 atom stereocenters. The van der Waals surface area contributed by atoms with Crippen molar-refractivity contribution in [2.24, 2.45) is 0 Å². The first-order chi connectivity index (χ1) is 10.1. The summed E-state index contributed by atoms with van der Waals surface area (Å²) in [5.41, 5.74) is 0. The number of nitrogens with zero attached hydrogens (tertiary/aromatic N) is 2. The number of carbonyl (C=O) groups is 2. The summed E-state index contributed by atoms with van der Waals surface area (Å²) >= 11 is 5.94. The third-order valence-corrected chi connectivity index (χ3v) is 3.34. The van der Waals surface area contributed by atoms with Gasteiger partial charge in [-0.2, -0.15) is 0 Å². The normalized spacial score (nSPS) is 14.5. The van der Waals surface area contributed by atoms with E-state index in [1.807, 2.05) is 0 Å². The smallest absolute Gasteiger partial charge is 0.306 e. The Morgan fingerprint density at radius 1 is 1.43 bits per heavy atom. The zero-order valence-corrected chi connectivity index (χ0v) is 12.5. The molecular formula is C14H17ClN2O4. The Labute approximate surface area is 128 Å². The fourth-order valence-corrected chi connectivity index (χ4v) is 2.10. The van der Waals surface area contributed by atoms with E-state index in [2.05, 4.69) is 4.98 Å². The van der Waals surface area contributed by atoms with Crippen molar-refractivity contribution in [3.05, 3.63) is 23.4 Å². The van der Waals surface area contributed by atoms with Gasteiger partial charge in [-0.05, 0) is 19.1 Å². The van der Waals surface area contributed by atoms with Gasteiger partial charge in [-0.1, -0.05) is 11.6 Å². The number of ether oxygens (including phenoxy) is 2. The quantitative estimate of drug-likeness (QED) is 0.747. The van der Waals surface area contributed by atoms with E-state index in [0.717, 1.165) is 0 Å². The molecule has 1 aliphatic rings. The molecule has 1 aromatic rings. The number of esters is 1. The Balaban J connectivity index is 1.70. The monoisotopic (exact) mass is 312 g/mol. The molecule has 1 aliphatic heterocycles. The van der Waals surface area contributed by atoms with E-state index in [1.54, 1.807) is 30.2 Å². The number of halogens is 1. The van der Waals surface area contributed by atoms with Crippen LogP contribution in [0.4, 0.5) is 0 Å². The second kappa shape index (κ2) is 7.26. The van der Waals surface area contributed by atoms with Crippen LogP contribution in [0.1, 0.15) is 19.8 Å². The van der Waals surface area contributed by atoms with Gasteiger partial charge in [0.2, 0.25) is 11.8 Å². The summed E-state index contributed by atoms with van der Waals surface area (Å²) < 4.78 is 10.4. The molecule has 0 N–H and O–H groups in total. The van der Waals surface area contributed by atoms with Crippen molar-refractivity contribution < 1.29 is 19.1 Å². The topological polar surface area (TPSA) is 68.7 Å². The zero-order valence-electron chi connectivity index (χ0n) is 11.8. The lowest BCUT2D eigenvalue weighted by atomic mass is 10.1. The molecule has 0 bridgehead atoms. The largest absolute Gasteiger partial charge is 0.470 e. The SMILES string of the molecule is CCOC(=O)CCC(=O)N1CC(Oc2ncccc2Cl)C1. The van der Waals surface area contributed by atoms with Crippen molar-refractivity contribution in [3.63, 3.8) is 0 Å². The van der Waals surface area contributed by atoms with E-state index in [1.165, 1.54) is 0 Å². The summed E-state index contributed by atoms with van der Waals surface area (Å²) in [7, 11) is 0. The Kier molecular flexibility index (Phi) is 5.38. The number of amides is 1. The molecule has 0 aliphatic carbocycles. The summed E-state index contributed by atoms with van der Waals surface area (Å²) in [5, 5.41) is 0.449. The molecule has 0 saturated carbocycles. The standard InChI is InChI=1S/C14H17ClN2O4/c1-2-20-13(19)6-5-12(18)17-8-10(9-17)21-14-11(15)4-3-7-16-14/h3-4,7,10H,2,5-6,8-9H2,1H3. The minimum atomic E-state index is -0.348. The first kappa shape index (κ1) is 15.6. The van der Waals surface area contributed by atoms with E-state index < -0.39 is 0 Å². The van der Waals surface area contributed by atoms with Gasteiger partial charge in [0.25, 0.3) is 0 Å². The van der Waals surface area contributed by atoms with Crippen LogP contribution in [-0.2, 0) is 14.3 Å². The number of aromatic nitrogens is 1. The van der Waals surface area contributed by atoms with Gasteiger partial charge in [-0.15, -0.1) is 0 Å². The molecule has 0 spiro atoms. The van der Waals surface area contributed by atoms with Crippen LogP contribution in [-0.4, -0.2) is 47.6 Å². The van der Waals surface area contributed by atoms with Crippen LogP contribution in [0.25, 0.3) is 0 Å². The highest BCUT2D eigenvalue weighted by atomic mass is 35.5. The molecule has 6 nitrogen and oxygen atoms in total. The fraction of sp³-hybridized carbons (Fsp3) is 0.500. The van der Waals surface area contributed by atoms with Crippen LogP contribution in [0.15, 0.2) is 18.3 Å². The molecule has 1 amide bonds. The van der Waals surface area contributed by atoms with Crippen molar-refractivity contribution in [2.75, 3.05) is 19.7 Å². The summed E-state index contributed by atoms with van der Waals surface area (Å²) in [6.45, 7) is 3.03. The number of carbonyl (C=O) groups excluding carboxylic acids is 2. The predicted octanol–water partition coefficient (Wildman–Crippen LogP) is 1.67. The lowest BCUT2D eigenvalue weighted by Crippen LogP contribution is -2.56. The Hall–Kier alpha value is -1.82. The molecule has 114 valence electrons. The number of rotatable bonds is 6.